The molecule has 0 aliphatic heterocycles. The molecular formula is C13H17NO6. The summed E-state index contributed by atoms with van der Waals surface area (Å²) in [5, 5.41) is 0. The number of ketones is 1. The number of carbonyl (C=O) groups is 2. The molecule has 0 fully saturated rings. The molecule has 1 aromatic rings. The predicted molar refractivity (Wildman–Crippen MR) is 71.5 cm³/mol. The van der Waals surface area contributed by atoms with Crippen molar-refractivity contribution in [3.63, 3.8) is 0 Å². The van der Waals surface area contributed by atoms with Crippen molar-refractivity contribution in [3.05, 3.63) is 11.6 Å². The fourth-order valence-corrected chi connectivity index (χ4v) is 1.59. The molecule has 0 atom stereocenters. The quantitative estimate of drug-likeness (QED) is 0.615. The smallest absolute Gasteiger partial charge is 0.340 e. The Bertz CT molecular complexity index is 526. The summed E-state index contributed by atoms with van der Waals surface area (Å²) in [6, 6.07) is 1.37. The van der Waals surface area contributed by atoms with E-state index in [1.54, 1.807) is 0 Å². The molecule has 0 heterocycles. The number of Topliss-reactive ketones (excluding diaryl/α,β-unsaturated/α-hetero) is 1. The molecule has 1 rings (SSSR count). The number of nitrogen functional groups attached to an aromatic ring is 1. The van der Waals surface area contributed by atoms with Gasteiger partial charge in [0.15, 0.2) is 17.3 Å². The molecule has 0 unspecified atom stereocenters. The van der Waals surface area contributed by atoms with Gasteiger partial charge in [-0.15, -0.1) is 0 Å². The van der Waals surface area contributed by atoms with E-state index in [-0.39, 0.29) is 40.9 Å². The van der Waals surface area contributed by atoms with Gasteiger partial charge in [0.25, 0.3) is 0 Å². The number of esters is 1. The first-order chi connectivity index (χ1) is 9.46. The highest BCUT2D eigenvalue weighted by molar-refractivity contribution is 5.99. The Morgan fingerprint density at radius 3 is 2.15 bits per heavy atom. The van der Waals surface area contributed by atoms with Gasteiger partial charge in [-0.25, -0.2) is 4.79 Å². The summed E-state index contributed by atoms with van der Waals surface area (Å²) in [7, 11) is 4.23. The molecular weight excluding hydrogens is 266 g/mol. The highest BCUT2D eigenvalue weighted by atomic mass is 16.5. The van der Waals surface area contributed by atoms with Crippen molar-refractivity contribution < 1.29 is 28.5 Å². The summed E-state index contributed by atoms with van der Waals surface area (Å²) in [6.45, 7) is 0.987. The second-order valence-corrected chi connectivity index (χ2v) is 3.88. The molecule has 0 spiro atoms. The van der Waals surface area contributed by atoms with E-state index in [1.807, 2.05) is 0 Å². The summed E-state index contributed by atoms with van der Waals surface area (Å²) in [5.74, 6) is -0.299. The summed E-state index contributed by atoms with van der Waals surface area (Å²) < 4.78 is 20.2. The van der Waals surface area contributed by atoms with Gasteiger partial charge in [-0.2, -0.15) is 0 Å². The Kier molecular flexibility index (Phi) is 5.19. The van der Waals surface area contributed by atoms with Gasteiger partial charge >= 0.3 is 5.97 Å². The van der Waals surface area contributed by atoms with Gasteiger partial charge in [0.2, 0.25) is 5.75 Å². The lowest BCUT2D eigenvalue weighted by molar-refractivity contribution is -0.120. The number of ether oxygens (including phenoxy) is 4. The Morgan fingerprint density at radius 1 is 1.10 bits per heavy atom. The maximum atomic E-state index is 11.9. The van der Waals surface area contributed by atoms with Crippen LogP contribution in [0.5, 0.6) is 17.2 Å². The van der Waals surface area contributed by atoms with Crippen LogP contribution in [0.4, 0.5) is 5.69 Å². The molecule has 20 heavy (non-hydrogen) atoms. The average Bonchev–Trinajstić information content (AvgIpc) is 2.43. The van der Waals surface area contributed by atoms with E-state index in [1.165, 1.54) is 34.3 Å². The maximum Gasteiger partial charge on any atom is 0.340 e. The molecule has 7 heteroatoms. The lowest BCUT2D eigenvalue weighted by atomic mass is 10.1. The summed E-state index contributed by atoms with van der Waals surface area (Å²) in [6.07, 6.45) is 0. The molecule has 7 nitrogen and oxygen atoms in total. The van der Waals surface area contributed by atoms with Gasteiger partial charge in [0.1, 0.15) is 6.61 Å². The van der Waals surface area contributed by atoms with E-state index in [0.29, 0.717) is 0 Å². The minimum Gasteiger partial charge on any atom is -0.493 e. The second kappa shape index (κ2) is 6.65. The zero-order valence-corrected chi connectivity index (χ0v) is 11.8. The molecule has 0 bridgehead atoms. The second-order valence-electron chi connectivity index (χ2n) is 3.88. The molecule has 1 aromatic carbocycles. The molecule has 0 amide bonds. The third-order valence-electron chi connectivity index (χ3n) is 2.49. The Morgan fingerprint density at radius 2 is 1.70 bits per heavy atom. The monoisotopic (exact) mass is 283 g/mol. The molecule has 110 valence electrons. The topological polar surface area (TPSA) is 97.1 Å². The molecule has 0 radical (unpaired) electrons. The Labute approximate surface area is 116 Å². The van der Waals surface area contributed by atoms with Crippen molar-refractivity contribution in [2.24, 2.45) is 0 Å². The third kappa shape index (κ3) is 3.11. The number of benzene rings is 1. The van der Waals surface area contributed by atoms with E-state index in [0.717, 1.165) is 0 Å². The number of methoxy groups -OCH3 is 3. The fourth-order valence-electron chi connectivity index (χ4n) is 1.59. The van der Waals surface area contributed by atoms with E-state index in [4.69, 9.17) is 24.7 Å². The van der Waals surface area contributed by atoms with Crippen molar-refractivity contribution in [3.8, 4) is 17.2 Å². The van der Waals surface area contributed by atoms with Crippen molar-refractivity contribution in [1.82, 2.24) is 0 Å². The normalized spacial score (nSPS) is 9.80. The van der Waals surface area contributed by atoms with E-state index < -0.39 is 5.97 Å². The molecule has 2 N–H and O–H groups in total. The number of carbonyl (C=O) groups excluding carboxylic acids is 2. The first-order valence-corrected chi connectivity index (χ1v) is 5.71. The number of hydrogen-bond acceptors (Lipinski definition) is 7. The van der Waals surface area contributed by atoms with Gasteiger partial charge in [-0.3, -0.25) is 4.79 Å². The first-order valence-electron chi connectivity index (χ1n) is 5.71. The van der Waals surface area contributed by atoms with Crippen LogP contribution in [0, 0.1) is 0 Å². The third-order valence-corrected chi connectivity index (χ3v) is 2.49. The van der Waals surface area contributed by atoms with Crippen LogP contribution in [-0.2, 0) is 9.53 Å². The SMILES string of the molecule is COc1cc(C(=O)OCC(C)=O)c(N)c(OC)c1OC. The number of hydrogen-bond donors (Lipinski definition) is 1. The molecule has 0 aromatic heterocycles. The van der Waals surface area contributed by atoms with Crippen LogP contribution in [0.15, 0.2) is 6.07 Å². The van der Waals surface area contributed by atoms with E-state index in [2.05, 4.69) is 0 Å². The molecule has 0 aliphatic carbocycles. The van der Waals surface area contributed by atoms with Crippen LogP contribution in [0.2, 0.25) is 0 Å². The molecule has 0 aliphatic rings. The van der Waals surface area contributed by atoms with Crippen molar-refractivity contribution in [2.75, 3.05) is 33.7 Å². The van der Waals surface area contributed by atoms with Crippen molar-refractivity contribution >= 4 is 17.4 Å². The van der Waals surface area contributed by atoms with Crippen molar-refractivity contribution in [1.29, 1.82) is 0 Å². The summed E-state index contributed by atoms with van der Waals surface area (Å²) in [4.78, 5) is 22.7. The number of anilines is 1. The van der Waals surface area contributed by atoms with Gasteiger partial charge in [-0.1, -0.05) is 0 Å². The maximum absolute atomic E-state index is 11.9. The minimum absolute atomic E-state index is 0.0424. The summed E-state index contributed by atoms with van der Waals surface area (Å²) in [5.41, 5.74) is 5.95. The number of nitrogens with two attached hydrogens (primary N) is 1. The lowest BCUT2D eigenvalue weighted by Crippen LogP contribution is -2.14. The predicted octanol–water partition coefficient (Wildman–Crippen LogP) is 1.04. The van der Waals surface area contributed by atoms with Gasteiger partial charge in [-0.05, 0) is 6.92 Å². The first kappa shape index (κ1) is 15.6. The van der Waals surface area contributed by atoms with Crippen LogP contribution < -0.4 is 19.9 Å². The molecule has 0 saturated heterocycles. The standard InChI is InChI=1S/C13H17NO6/c1-7(15)6-20-13(16)8-5-9(17-2)11(18-3)12(19-4)10(8)14/h5H,6,14H2,1-4H3. The van der Waals surface area contributed by atoms with Crippen LogP contribution in [0.1, 0.15) is 17.3 Å². The average molecular weight is 283 g/mol. The highest BCUT2D eigenvalue weighted by Crippen LogP contribution is 2.43. The largest absolute Gasteiger partial charge is 0.493 e. The van der Waals surface area contributed by atoms with Crippen LogP contribution in [-0.4, -0.2) is 39.7 Å². The van der Waals surface area contributed by atoms with Crippen LogP contribution in [0.25, 0.3) is 0 Å². The Hall–Kier alpha value is -2.44. The van der Waals surface area contributed by atoms with Crippen LogP contribution >= 0.6 is 0 Å². The minimum atomic E-state index is -0.739. The molecule has 0 saturated carbocycles. The van der Waals surface area contributed by atoms with Gasteiger partial charge < -0.3 is 24.7 Å². The fraction of sp³-hybridized carbons (Fsp3) is 0.385. The van der Waals surface area contributed by atoms with Gasteiger partial charge in [0, 0.05) is 6.07 Å². The number of rotatable bonds is 6. The highest BCUT2D eigenvalue weighted by Gasteiger charge is 2.23. The zero-order chi connectivity index (χ0) is 15.3. The van der Waals surface area contributed by atoms with Crippen LogP contribution in [0.3, 0.4) is 0 Å². The van der Waals surface area contributed by atoms with Gasteiger partial charge in [0.05, 0.1) is 32.6 Å². The zero-order valence-electron chi connectivity index (χ0n) is 11.8. The van der Waals surface area contributed by atoms with Crippen molar-refractivity contribution in [2.45, 2.75) is 6.92 Å². The van der Waals surface area contributed by atoms with E-state index in [9.17, 15) is 9.59 Å². The van der Waals surface area contributed by atoms with E-state index >= 15 is 0 Å². The lowest BCUT2D eigenvalue weighted by Gasteiger charge is -2.16. The summed E-state index contributed by atoms with van der Waals surface area (Å²) >= 11 is 0. The Balaban J connectivity index is 3.26.